The van der Waals surface area contributed by atoms with Gasteiger partial charge in [0.1, 0.15) is 0 Å². The second-order valence-corrected chi connectivity index (χ2v) is 10.5. The molecule has 11 heteroatoms. The summed E-state index contributed by atoms with van der Waals surface area (Å²) in [6, 6.07) is 0. The van der Waals surface area contributed by atoms with Crippen molar-refractivity contribution in [3.63, 3.8) is 0 Å². The molecule has 2 aliphatic rings. The summed E-state index contributed by atoms with van der Waals surface area (Å²) in [4.78, 5) is 58.4. The van der Waals surface area contributed by atoms with E-state index >= 15 is 0 Å². The number of aliphatic imine (C=N–C) groups is 1. The van der Waals surface area contributed by atoms with Crippen LogP contribution in [0.5, 0.6) is 0 Å². The number of aromatic amines is 2. The number of carboxylic acids is 2. The highest BCUT2D eigenvalue weighted by Crippen LogP contribution is 2.27. The molecule has 0 bridgehead atoms. The molecule has 10 nitrogen and oxygen atoms in total. The van der Waals surface area contributed by atoms with E-state index in [1.165, 1.54) is 6.08 Å². The summed E-state index contributed by atoms with van der Waals surface area (Å²) >= 11 is 0. The molecule has 2 aliphatic heterocycles. The maximum Gasteiger partial charge on any atom is 0.303 e. The van der Waals surface area contributed by atoms with Gasteiger partial charge >= 0.3 is 11.9 Å². The number of nitrogens with one attached hydrogen (secondary N) is 3. The van der Waals surface area contributed by atoms with Crippen LogP contribution in [0, 0.1) is 13.8 Å². The molecule has 0 spiro atoms. The van der Waals surface area contributed by atoms with Crippen molar-refractivity contribution >= 4 is 60.1 Å². The lowest BCUT2D eigenvalue weighted by Crippen LogP contribution is -2.15. The number of halogens is 1. The van der Waals surface area contributed by atoms with E-state index in [2.05, 4.69) is 33.4 Å². The van der Waals surface area contributed by atoms with E-state index in [4.69, 9.17) is 0 Å². The molecular weight excluding hydrogens is 584 g/mol. The molecule has 4 heterocycles. The van der Waals surface area contributed by atoms with E-state index in [0.29, 0.717) is 55.8 Å². The second kappa shape index (κ2) is 13.6. The summed E-state index contributed by atoms with van der Waals surface area (Å²) in [6.45, 7) is 14.8. The number of carboxylic acid groups (broad SMARTS) is 2. The first-order valence-corrected chi connectivity index (χ1v) is 13.8. The van der Waals surface area contributed by atoms with E-state index in [9.17, 15) is 29.4 Å². The third-order valence-electron chi connectivity index (χ3n) is 7.87. The van der Waals surface area contributed by atoms with Gasteiger partial charge in [-0.3, -0.25) is 19.2 Å². The first kappa shape index (κ1) is 33.5. The molecule has 4 rings (SSSR count). The summed E-state index contributed by atoms with van der Waals surface area (Å²) in [5, 5.41) is 23.0. The molecule has 0 aromatic carbocycles. The van der Waals surface area contributed by atoms with Crippen molar-refractivity contribution in [1.29, 1.82) is 0 Å². The number of rotatable bonds is 11. The maximum atomic E-state index is 12.3. The van der Waals surface area contributed by atoms with E-state index in [0.717, 1.165) is 22.3 Å². The van der Waals surface area contributed by atoms with Gasteiger partial charge in [0, 0.05) is 51.6 Å². The van der Waals surface area contributed by atoms with Crippen LogP contribution in [0.2, 0.25) is 0 Å². The lowest BCUT2D eigenvalue weighted by atomic mass is 10.0. The molecule has 0 aliphatic carbocycles. The van der Waals surface area contributed by atoms with Crippen molar-refractivity contribution in [2.75, 3.05) is 0 Å². The fraction of sp³-hybridized carbons (Fsp3) is 0.242. The third-order valence-corrected chi connectivity index (χ3v) is 7.87. The number of hydrogen-bond donors (Lipinski definition) is 5. The quantitative estimate of drug-likeness (QED) is 0.259. The number of hydrogen-bond acceptors (Lipinski definition) is 4. The van der Waals surface area contributed by atoms with Crippen molar-refractivity contribution in [2.45, 2.75) is 53.4 Å². The monoisotopic (exact) mass is 618 g/mol. The lowest BCUT2D eigenvalue weighted by molar-refractivity contribution is -0.138. The molecule has 0 saturated carbocycles. The van der Waals surface area contributed by atoms with E-state index in [1.807, 2.05) is 19.9 Å². The molecule has 5 N–H and O–H groups in total. The molecule has 0 fully saturated rings. The fourth-order valence-corrected chi connectivity index (χ4v) is 5.34. The van der Waals surface area contributed by atoms with Crippen LogP contribution in [-0.4, -0.2) is 49.6 Å². The summed E-state index contributed by atoms with van der Waals surface area (Å²) in [5.41, 5.74) is 7.97. The number of carbonyl (C=O) groups is 4. The molecule has 44 heavy (non-hydrogen) atoms. The van der Waals surface area contributed by atoms with Crippen molar-refractivity contribution in [3.8, 4) is 0 Å². The zero-order chi connectivity index (χ0) is 31.6. The largest absolute Gasteiger partial charge is 0.481 e. The van der Waals surface area contributed by atoms with Crippen molar-refractivity contribution in [1.82, 2.24) is 15.3 Å². The first-order valence-electron chi connectivity index (χ1n) is 13.8. The Morgan fingerprint density at radius 3 is 1.95 bits per heavy atom. The number of nitrogens with zero attached hydrogens (tertiary/aromatic N) is 1. The summed E-state index contributed by atoms with van der Waals surface area (Å²) < 4.78 is 0. The van der Waals surface area contributed by atoms with Gasteiger partial charge in [-0.2, -0.15) is 0 Å². The molecule has 2 aromatic heterocycles. The van der Waals surface area contributed by atoms with Crippen LogP contribution in [-0.2, 0) is 32.0 Å². The predicted molar refractivity (Wildman–Crippen MR) is 172 cm³/mol. The smallest absolute Gasteiger partial charge is 0.303 e. The molecule has 0 atom stereocenters. The van der Waals surface area contributed by atoms with Gasteiger partial charge in [0.05, 0.1) is 11.4 Å². The highest BCUT2D eigenvalue weighted by Gasteiger charge is 2.23. The van der Waals surface area contributed by atoms with E-state index < -0.39 is 11.9 Å². The molecule has 0 saturated heterocycles. The number of amides is 2. The van der Waals surface area contributed by atoms with Crippen LogP contribution in [0.25, 0.3) is 18.2 Å². The van der Waals surface area contributed by atoms with E-state index in [-0.39, 0.29) is 49.9 Å². The summed E-state index contributed by atoms with van der Waals surface area (Å²) in [5.74, 6) is -2.46. The summed E-state index contributed by atoms with van der Waals surface area (Å²) in [7, 11) is 0. The third kappa shape index (κ3) is 6.65. The minimum atomic E-state index is -0.941. The van der Waals surface area contributed by atoms with Crippen LogP contribution >= 0.6 is 12.4 Å². The Balaban J connectivity index is 0.00000529. The number of allylic oxidation sites excluding steroid dienone is 2. The van der Waals surface area contributed by atoms with Gasteiger partial charge in [-0.05, 0) is 86.6 Å². The van der Waals surface area contributed by atoms with E-state index in [1.54, 1.807) is 32.1 Å². The molecule has 0 unspecified atom stereocenters. The van der Waals surface area contributed by atoms with Gasteiger partial charge in [0.25, 0.3) is 11.8 Å². The zero-order valence-corrected chi connectivity index (χ0v) is 25.8. The highest BCUT2D eigenvalue weighted by atomic mass is 35.5. The van der Waals surface area contributed by atoms with Gasteiger partial charge in [0.15, 0.2) is 0 Å². The fourth-order valence-electron chi connectivity index (χ4n) is 5.34. The lowest BCUT2D eigenvalue weighted by Gasteiger charge is -2.02. The molecule has 230 valence electrons. The van der Waals surface area contributed by atoms with Crippen LogP contribution in [0.15, 0.2) is 58.3 Å². The minimum absolute atomic E-state index is 0. The topological polar surface area (TPSA) is 165 Å². The zero-order valence-electron chi connectivity index (χ0n) is 25.0. The molecule has 0 radical (unpaired) electrons. The van der Waals surface area contributed by atoms with Crippen LogP contribution in [0.4, 0.5) is 0 Å². The molecule has 2 aromatic rings. The number of carbonyl (C=O) groups excluding carboxylic acids is 2. The van der Waals surface area contributed by atoms with Gasteiger partial charge < -0.3 is 25.5 Å². The predicted octanol–water partition coefficient (Wildman–Crippen LogP) is 3.48. The number of aliphatic carboxylic acids is 2. The van der Waals surface area contributed by atoms with Gasteiger partial charge in [-0.15, -0.1) is 12.4 Å². The average Bonchev–Trinajstić information content (AvgIpc) is 3.59. The Bertz CT molecular complexity index is 1860. The van der Waals surface area contributed by atoms with Crippen LogP contribution < -0.4 is 16.0 Å². The van der Waals surface area contributed by atoms with Crippen LogP contribution in [0.3, 0.4) is 0 Å². The Labute approximate surface area is 260 Å². The SMILES string of the molecule is C=CC1=C(C)C(/C=c2/[nH]/c(=C\c3[nH]c(/C=C4\NC(=O)C(C)=C4C=C)c(C)c3CCC(=O)O)c(CCC(=O)O)c2C)=NC1=O.Cl. The molecular formula is C33H35ClN4O6. The van der Waals surface area contributed by atoms with Crippen molar-refractivity contribution < 1.29 is 29.4 Å². The second-order valence-electron chi connectivity index (χ2n) is 10.5. The highest BCUT2D eigenvalue weighted by molar-refractivity contribution is 6.31. The Hall–Kier alpha value is -4.96. The van der Waals surface area contributed by atoms with Crippen molar-refractivity contribution in [3.05, 3.63) is 97.6 Å². The number of H-pyrrole nitrogens is 2. The Morgan fingerprint density at radius 1 is 0.773 bits per heavy atom. The van der Waals surface area contributed by atoms with Gasteiger partial charge in [0.2, 0.25) is 0 Å². The van der Waals surface area contributed by atoms with Crippen LogP contribution in [0.1, 0.15) is 60.3 Å². The van der Waals surface area contributed by atoms with Gasteiger partial charge in [-0.1, -0.05) is 25.3 Å². The Kier molecular flexibility index (Phi) is 10.3. The normalized spacial score (nSPS) is 16.5. The standard InChI is InChI=1S/C33H34N4O6.ClH/c1-7-20-19(6)32(42)37-27(20)14-25-18(5)23(10-12-31(40)41)29(35-25)15-28-22(9-11-30(38)39)17(4)24(34-28)13-26-16(3)21(8-2)33(43)36-26;/h7-8,13-15,34-35H,1-2,9-12H2,3-6H3,(H,37,42)(H,38,39)(H,40,41);1H/b24-13+,27-14-,28-15-;. The van der Waals surface area contributed by atoms with Crippen molar-refractivity contribution in [2.24, 2.45) is 4.99 Å². The summed E-state index contributed by atoms with van der Waals surface area (Å²) in [6.07, 6.45) is 8.80. The Morgan fingerprint density at radius 2 is 1.39 bits per heavy atom. The first-order chi connectivity index (χ1) is 20.4. The number of aromatic nitrogens is 2. The molecule has 2 amide bonds. The average molecular weight is 619 g/mol. The minimum Gasteiger partial charge on any atom is -0.481 e. The van der Waals surface area contributed by atoms with Gasteiger partial charge in [-0.25, -0.2) is 4.99 Å². The maximum absolute atomic E-state index is 12.3.